The molecule has 23 heavy (non-hydrogen) atoms. The Hall–Kier alpha value is -1.85. The molecule has 0 fully saturated rings. The van der Waals surface area contributed by atoms with E-state index in [-0.39, 0.29) is 12.3 Å². The van der Waals surface area contributed by atoms with Crippen molar-refractivity contribution < 1.29 is 14.3 Å². The van der Waals surface area contributed by atoms with Crippen LogP contribution in [0.1, 0.15) is 33.3 Å². The number of thiophene rings is 1. The van der Waals surface area contributed by atoms with Crippen molar-refractivity contribution in [1.82, 2.24) is 0 Å². The summed E-state index contributed by atoms with van der Waals surface area (Å²) in [5.41, 5.74) is 2.14. The van der Waals surface area contributed by atoms with Crippen molar-refractivity contribution in [1.29, 1.82) is 0 Å². The summed E-state index contributed by atoms with van der Waals surface area (Å²) in [4.78, 5) is 25.3. The molecule has 0 spiro atoms. The quantitative estimate of drug-likeness (QED) is 0.813. The molecular weight excluding hydrogens is 334 g/mol. The van der Waals surface area contributed by atoms with Crippen LogP contribution in [-0.4, -0.2) is 18.5 Å². The summed E-state index contributed by atoms with van der Waals surface area (Å²) in [6.45, 7) is 5.82. The third kappa shape index (κ3) is 4.33. The second kappa shape index (κ2) is 7.62. The van der Waals surface area contributed by atoms with Gasteiger partial charge < -0.3 is 10.1 Å². The van der Waals surface area contributed by atoms with E-state index in [0.29, 0.717) is 22.2 Å². The number of hydrogen-bond acceptors (Lipinski definition) is 4. The van der Waals surface area contributed by atoms with Crippen molar-refractivity contribution in [3.63, 3.8) is 0 Å². The van der Waals surface area contributed by atoms with Gasteiger partial charge in [-0.05, 0) is 44.0 Å². The number of ether oxygens (including phenoxy) is 1. The fraction of sp³-hybridized carbons (Fsp3) is 0.294. The van der Waals surface area contributed by atoms with Gasteiger partial charge in [-0.3, -0.25) is 4.79 Å². The van der Waals surface area contributed by atoms with Gasteiger partial charge in [0.25, 0.3) is 0 Å². The Morgan fingerprint density at radius 2 is 1.87 bits per heavy atom. The summed E-state index contributed by atoms with van der Waals surface area (Å²) < 4.78 is 5.08. The lowest BCUT2D eigenvalue weighted by atomic mass is 10.1. The molecule has 0 saturated heterocycles. The highest BCUT2D eigenvalue weighted by atomic mass is 35.5. The maximum atomic E-state index is 12.2. The first-order chi connectivity index (χ1) is 10.9. The summed E-state index contributed by atoms with van der Waals surface area (Å²) in [5, 5.41) is 3.99. The van der Waals surface area contributed by atoms with Crippen LogP contribution in [0, 0.1) is 13.8 Å². The molecule has 2 rings (SSSR count). The molecule has 6 heteroatoms. The normalized spacial score (nSPS) is 10.4. The van der Waals surface area contributed by atoms with Gasteiger partial charge in [-0.15, -0.1) is 11.3 Å². The van der Waals surface area contributed by atoms with E-state index in [4.69, 9.17) is 16.3 Å². The van der Waals surface area contributed by atoms with Crippen LogP contribution in [-0.2, 0) is 16.0 Å². The fourth-order valence-electron chi connectivity index (χ4n) is 2.12. The minimum Gasteiger partial charge on any atom is -0.462 e. The molecule has 0 unspecified atom stereocenters. The average molecular weight is 352 g/mol. The molecule has 0 aliphatic carbocycles. The van der Waals surface area contributed by atoms with Crippen molar-refractivity contribution in [2.24, 2.45) is 0 Å². The molecule has 4 nitrogen and oxygen atoms in total. The zero-order chi connectivity index (χ0) is 17.0. The minimum absolute atomic E-state index is 0.181. The molecular formula is C17H18ClNO3S. The topological polar surface area (TPSA) is 55.4 Å². The molecule has 1 aromatic heterocycles. The van der Waals surface area contributed by atoms with Gasteiger partial charge in [0, 0.05) is 9.90 Å². The van der Waals surface area contributed by atoms with Gasteiger partial charge in [-0.25, -0.2) is 4.79 Å². The van der Waals surface area contributed by atoms with E-state index >= 15 is 0 Å². The van der Waals surface area contributed by atoms with Gasteiger partial charge in [0.15, 0.2) is 0 Å². The Kier molecular flexibility index (Phi) is 5.80. The standard InChI is InChI=1S/C17H18ClNO3S/c1-4-22-17(21)15-10(2)11(3)23-16(15)19-14(20)9-12-5-7-13(18)8-6-12/h5-8H,4,9H2,1-3H3,(H,19,20). The van der Waals surface area contributed by atoms with E-state index in [9.17, 15) is 9.59 Å². The van der Waals surface area contributed by atoms with Gasteiger partial charge in [-0.2, -0.15) is 0 Å². The number of anilines is 1. The van der Waals surface area contributed by atoms with Crippen molar-refractivity contribution in [3.8, 4) is 0 Å². The lowest BCUT2D eigenvalue weighted by Crippen LogP contribution is -2.16. The first-order valence-electron chi connectivity index (χ1n) is 7.23. The van der Waals surface area contributed by atoms with Crippen molar-refractivity contribution in [3.05, 3.63) is 50.9 Å². The van der Waals surface area contributed by atoms with Crippen LogP contribution >= 0.6 is 22.9 Å². The van der Waals surface area contributed by atoms with Crippen LogP contribution in [0.3, 0.4) is 0 Å². The smallest absolute Gasteiger partial charge is 0.341 e. The summed E-state index contributed by atoms with van der Waals surface area (Å²) >= 11 is 7.22. The summed E-state index contributed by atoms with van der Waals surface area (Å²) in [6.07, 6.45) is 0.218. The van der Waals surface area contributed by atoms with E-state index in [1.54, 1.807) is 31.2 Å². The number of carbonyl (C=O) groups excluding carboxylic acids is 2. The molecule has 122 valence electrons. The number of nitrogens with one attached hydrogen (secondary N) is 1. The van der Waals surface area contributed by atoms with Gasteiger partial charge in [0.1, 0.15) is 5.00 Å². The molecule has 1 amide bonds. The lowest BCUT2D eigenvalue weighted by Gasteiger charge is -2.07. The SMILES string of the molecule is CCOC(=O)c1c(NC(=O)Cc2ccc(Cl)cc2)sc(C)c1C. The zero-order valence-electron chi connectivity index (χ0n) is 13.2. The number of amides is 1. The van der Waals surface area contributed by atoms with E-state index in [1.165, 1.54) is 11.3 Å². The molecule has 2 aromatic rings. The van der Waals surface area contributed by atoms with E-state index in [0.717, 1.165) is 16.0 Å². The maximum Gasteiger partial charge on any atom is 0.341 e. The van der Waals surface area contributed by atoms with Crippen molar-refractivity contribution in [2.75, 3.05) is 11.9 Å². The summed E-state index contributed by atoms with van der Waals surface area (Å²) in [5.74, 6) is -0.588. The Balaban J connectivity index is 2.16. The predicted molar refractivity (Wildman–Crippen MR) is 93.5 cm³/mol. The van der Waals surface area contributed by atoms with Gasteiger partial charge in [0.05, 0.1) is 18.6 Å². The molecule has 1 aromatic carbocycles. The number of aryl methyl sites for hydroxylation is 1. The molecule has 1 N–H and O–H groups in total. The first-order valence-corrected chi connectivity index (χ1v) is 8.43. The zero-order valence-corrected chi connectivity index (χ0v) is 14.8. The first kappa shape index (κ1) is 17.5. The highest BCUT2D eigenvalue weighted by Gasteiger charge is 2.22. The highest BCUT2D eigenvalue weighted by Crippen LogP contribution is 2.33. The second-order valence-corrected chi connectivity index (χ2v) is 6.72. The number of hydrogen-bond donors (Lipinski definition) is 1. The number of halogens is 1. The van der Waals surface area contributed by atoms with E-state index in [1.807, 2.05) is 13.8 Å². The number of esters is 1. The van der Waals surface area contributed by atoms with E-state index < -0.39 is 5.97 Å². The average Bonchev–Trinajstić information content (AvgIpc) is 2.76. The van der Waals surface area contributed by atoms with Gasteiger partial charge >= 0.3 is 5.97 Å². The third-order valence-electron chi connectivity index (χ3n) is 3.40. The van der Waals surface area contributed by atoms with Crippen LogP contribution in [0.2, 0.25) is 5.02 Å². The summed E-state index contributed by atoms with van der Waals surface area (Å²) in [6, 6.07) is 7.10. The Morgan fingerprint density at radius 1 is 1.22 bits per heavy atom. The monoisotopic (exact) mass is 351 g/mol. The van der Waals surface area contributed by atoms with Crippen LogP contribution < -0.4 is 5.32 Å². The molecule has 1 heterocycles. The molecule has 0 atom stereocenters. The van der Waals surface area contributed by atoms with Gasteiger partial charge in [0.2, 0.25) is 5.91 Å². The number of rotatable bonds is 5. The second-order valence-electron chi connectivity index (χ2n) is 5.06. The van der Waals surface area contributed by atoms with E-state index in [2.05, 4.69) is 5.32 Å². The van der Waals surface area contributed by atoms with Crippen LogP contribution in [0.25, 0.3) is 0 Å². The Labute approximate surface area is 144 Å². The maximum absolute atomic E-state index is 12.2. The largest absolute Gasteiger partial charge is 0.462 e. The van der Waals surface area contributed by atoms with Crippen molar-refractivity contribution in [2.45, 2.75) is 27.2 Å². The van der Waals surface area contributed by atoms with Crippen molar-refractivity contribution >= 4 is 39.8 Å². The summed E-state index contributed by atoms with van der Waals surface area (Å²) in [7, 11) is 0. The number of carbonyl (C=O) groups is 2. The molecule has 0 radical (unpaired) electrons. The highest BCUT2D eigenvalue weighted by molar-refractivity contribution is 7.16. The molecule has 0 aliphatic heterocycles. The molecule has 0 aliphatic rings. The van der Waals surface area contributed by atoms with Crippen LogP contribution in [0.15, 0.2) is 24.3 Å². The Morgan fingerprint density at radius 3 is 2.48 bits per heavy atom. The molecule has 0 bridgehead atoms. The predicted octanol–water partition coefficient (Wildman–Crippen LogP) is 4.38. The fourth-order valence-corrected chi connectivity index (χ4v) is 3.31. The lowest BCUT2D eigenvalue weighted by molar-refractivity contribution is -0.115. The van der Waals surface area contributed by atoms with Crippen LogP contribution in [0.5, 0.6) is 0 Å². The third-order valence-corrected chi connectivity index (χ3v) is 4.77. The Bertz CT molecular complexity index is 722. The minimum atomic E-state index is -0.406. The van der Waals surface area contributed by atoms with Crippen LogP contribution in [0.4, 0.5) is 5.00 Å². The number of benzene rings is 1. The van der Waals surface area contributed by atoms with Gasteiger partial charge in [-0.1, -0.05) is 23.7 Å². The molecule has 0 saturated carbocycles.